The van der Waals surface area contributed by atoms with Crippen molar-refractivity contribution in [3.63, 3.8) is 0 Å². The lowest BCUT2D eigenvalue weighted by Crippen LogP contribution is -2.43. The van der Waals surface area contributed by atoms with E-state index in [2.05, 4.69) is 35.6 Å². The van der Waals surface area contributed by atoms with Crippen LogP contribution in [0.4, 0.5) is 0 Å². The van der Waals surface area contributed by atoms with Gasteiger partial charge in [-0.1, -0.05) is 49.6 Å². The summed E-state index contributed by atoms with van der Waals surface area (Å²) in [6.07, 6.45) is 7.31. The van der Waals surface area contributed by atoms with Crippen LogP contribution in [0.5, 0.6) is 0 Å². The predicted molar refractivity (Wildman–Crippen MR) is 86.4 cm³/mol. The van der Waals surface area contributed by atoms with Gasteiger partial charge in [0, 0.05) is 19.7 Å². The van der Waals surface area contributed by atoms with Crippen molar-refractivity contribution in [1.29, 1.82) is 0 Å². The Morgan fingerprint density at radius 1 is 1.19 bits per heavy atom. The molecular formula is C18H29NO2. The van der Waals surface area contributed by atoms with Gasteiger partial charge in [0.15, 0.2) is 0 Å². The number of benzene rings is 1. The zero-order chi connectivity index (χ0) is 14.9. The fourth-order valence-corrected chi connectivity index (χ4v) is 3.35. The number of aliphatic hydroxyl groups is 1. The van der Waals surface area contributed by atoms with Crippen LogP contribution in [0.15, 0.2) is 30.3 Å². The first kappa shape index (κ1) is 16.5. The molecule has 0 radical (unpaired) electrons. The zero-order valence-electron chi connectivity index (χ0n) is 13.1. The summed E-state index contributed by atoms with van der Waals surface area (Å²) >= 11 is 0. The highest BCUT2D eigenvalue weighted by molar-refractivity contribution is 5.16. The number of hydrogen-bond donors (Lipinski definition) is 2. The van der Waals surface area contributed by atoms with Crippen molar-refractivity contribution in [1.82, 2.24) is 5.32 Å². The maximum Gasteiger partial charge on any atom is 0.0897 e. The van der Waals surface area contributed by atoms with Crippen LogP contribution >= 0.6 is 0 Å². The molecule has 0 aliphatic heterocycles. The molecule has 0 heterocycles. The third kappa shape index (κ3) is 5.77. The van der Waals surface area contributed by atoms with E-state index >= 15 is 0 Å². The van der Waals surface area contributed by atoms with E-state index < -0.39 is 6.10 Å². The van der Waals surface area contributed by atoms with Gasteiger partial charge in [-0.15, -0.1) is 0 Å². The second kappa shape index (κ2) is 9.19. The number of hydrogen-bond acceptors (Lipinski definition) is 3. The van der Waals surface area contributed by atoms with Crippen LogP contribution in [0.25, 0.3) is 0 Å². The summed E-state index contributed by atoms with van der Waals surface area (Å²) in [6.45, 7) is 1.01. The summed E-state index contributed by atoms with van der Waals surface area (Å²) < 4.78 is 5.01. The maximum atomic E-state index is 9.88. The molecule has 0 aromatic heterocycles. The quantitative estimate of drug-likeness (QED) is 0.774. The minimum Gasteiger partial charge on any atom is -0.389 e. The Morgan fingerprint density at radius 3 is 2.57 bits per heavy atom. The van der Waals surface area contributed by atoms with E-state index in [0.29, 0.717) is 19.2 Å². The van der Waals surface area contributed by atoms with E-state index in [4.69, 9.17) is 4.74 Å². The van der Waals surface area contributed by atoms with Gasteiger partial charge in [0.25, 0.3) is 0 Å². The van der Waals surface area contributed by atoms with Crippen LogP contribution in [-0.2, 0) is 11.2 Å². The molecule has 1 aromatic rings. The minimum atomic E-state index is -0.420. The lowest BCUT2D eigenvalue weighted by Gasteiger charge is -2.32. The Balaban J connectivity index is 1.92. The molecule has 2 rings (SSSR count). The average Bonchev–Trinajstić information content (AvgIpc) is 2.53. The number of rotatable bonds is 8. The third-order valence-corrected chi connectivity index (χ3v) is 4.49. The molecule has 1 aliphatic carbocycles. The van der Waals surface area contributed by atoms with Crippen molar-refractivity contribution >= 4 is 0 Å². The molecule has 1 aliphatic rings. The molecule has 1 saturated carbocycles. The van der Waals surface area contributed by atoms with E-state index in [1.807, 2.05) is 0 Å². The number of aliphatic hydroxyl groups excluding tert-OH is 1. The molecule has 1 aromatic carbocycles. The monoisotopic (exact) mass is 291 g/mol. The van der Waals surface area contributed by atoms with Crippen LogP contribution in [0, 0.1) is 5.92 Å². The number of nitrogens with one attached hydrogen (secondary N) is 1. The second-order valence-corrected chi connectivity index (χ2v) is 6.21. The summed E-state index contributed by atoms with van der Waals surface area (Å²) in [4.78, 5) is 0. The van der Waals surface area contributed by atoms with Gasteiger partial charge in [0.05, 0.1) is 12.7 Å². The van der Waals surface area contributed by atoms with E-state index in [0.717, 1.165) is 12.3 Å². The molecular weight excluding hydrogens is 262 g/mol. The van der Waals surface area contributed by atoms with Gasteiger partial charge in [0.2, 0.25) is 0 Å². The fourth-order valence-electron chi connectivity index (χ4n) is 3.35. The highest BCUT2D eigenvalue weighted by Crippen LogP contribution is 2.28. The van der Waals surface area contributed by atoms with Gasteiger partial charge in [-0.2, -0.15) is 0 Å². The molecule has 3 heteroatoms. The van der Waals surface area contributed by atoms with E-state index in [9.17, 15) is 5.11 Å². The molecule has 118 valence electrons. The van der Waals surface area contributed by atoms with Gasteiger partial charge < -0.3 is 15.2 Å². The zero-order valence-corrected chi connectivity index (χ0v) is 13.1. The molecule has 3 nitrogen and oxygen atoms in total. The van der Waals surface area contributed by atoms with Crippen LogP contribution in [0.2, 0.25) is 0 Å². The van der Waals surface area contributed by atoms with Crippen LogP contribution in [-0.4, -0.2) is 37.5 Å². The topological polar surface area (TPSA) is 41.5 Å². The number of ether oxygens (including phenoxy) is 1. The van der Waals surface area contributed by atoms with Crippen LogP contribution < -0.4 is 5.32 Å². The normalized spacial score (nSPS) is 19.3. The summed E-state index contributed by atoms with van der Waals surface area (Å²) in [6, 6.07) is 11.1. The SMILES string of the molecule is COCC(O)CNC(Cc1ccccc1)C1CCCCC1. The highest BCUT2D eigenvalue weighted by atomic mass is 16.5. The molecule has 21 heavy (non-hydrogen) atoms. The molecule has 2 N–H and O–H groups in total. The summed E-state index contributed by atoms with van der Waals surface area (Å²) in [5.41, 5.74) is 1.38. The lowest BCUT2D eigenvalue weighted by molar-refractivity contribution is 0.0602. The summed E-state index contributed by atoms with van der Waals surface area (Å²) in [7, 11) is 1.63. The molecule has 0 spiro atoms. The van der Waals surface area contributed by atoms with Gasteiger partial charge in [-0.05, 0) is 30.7 Å². The number of methoxy groups -OCH3 is 1. The lowest BCUT2D eigenvalue weighted by atomic mass is 9.81. The minimum absolute atomic E-state index is 0.399. The summed E-state index contributed by atoms with van der Waals surface area (Å²) in [5, 5.41) is 13.5. The predicted octanol–water partition coefficient (Wildman–Crippen LogP) is 2.77. The van der Waals surface area contributed by atoms with Crippen LogP contribution in [0.3, 0.4) is 0 Å². The largest absolute Gasteiger partial charge is 0.389 e. The van der Waals surface area contributed by atoms with Crippen molar-refractivity contribution < 1.29 is 9.84 Å². The van der Waals surface area contributed by atoms with E-state index in [1.54, 1.807) is 7.11 Å². The van der Waals surface area contributed by atoms with Gasteiger partial charge in [-0.3, -0.25) is 0 Å². The van der Waals surface area contributed by atoms with Crippen molar-refractivity contribution in [3.05, 3.63) is 35.9 Å². The van der Waals surface area contributed by atoms with Crippen molar-refractivity contribution in [2.75, 3.05) is 20.3 Å². The molecule has 0 bridgehead atoms. The van der Waals surface area contributed by atoms with Crippen molar-refractivity contribution in [2.24, 2.45) is 5.92 Å². The van der Waals surface area contributed by atoms with Crippen molar-refractivity contribution in [3.8, 4) is 0 Å². The Bertz CT molecular complexity index is 376. The molecule has 0 saturated heterocycles. The Morgan fingerprint density at radius 2 is 1.90 bits per heavy atom. The molecule has 2 unspecified atom stereocenters. The smallest absolute Gasteiger partial charge is 0.0897 e. The van der Waals surface area contributed by atoms with Crippen molar-refractivity contribution in [2.45, 2.75) is 50.7 Å². The average molecular weight is 291 g/mol. The first-order chi connectivity index (χ1) is 10.3. The first-order valence-corrected chi connectivity index (χ1v) is 8.24. The standard InChI is InChI=1S/C18H29NO2/c1-21-14-17(20)13-19-18(16-10-6-3-7-11-16)12-15-8-4-2-5-9-15/h2,4-5,8-9,16-20H,3,6-7,10-14H2,1H3. The Labute approximate surface area is 128 Å². The second-order valence-electron chi connectivity index (χ2n) is 6.21. The highest BCUT2D eigenvalue weighted by Gasteiger charge is 2.24. The van der Waals surface area contributed by atoms with E-state index in [-0.39, 0.29) is 0 Å². The van der Waals surface area contributed by atoms with Crippen LogP contribution in [0.1, 0.15) is 37.7 Å². The molecule has 0 amide bonds. The van der Waals surface area contributed by atoms with Gasteiger partial charge >= 0.3 is 0 Å². The molecule has 1 fully saturated rings. The van der Waals surface area contributed by atoms with E-state index in [1.165, 1.54) is 37.7 Å². The summed E-state index contributed by atoms with van der Waals surface area (Å²) in [5.74, 6) is 0.730. The third-order valence-electron chi connectivity index (χ3n) is 4.49. The Kier molecular flexibility index (Phi) is 7.20. The fraction of sp³-hybridized carbons (Fsp3) is 0.667. The molecule has 2 atom stereocenters. The maximum absolute atomic E-state index is 9.88. The van der Waals surface area contributed by atoms with Gasteiger partial charge in [0.1, 0.15) is 0 Å². The Hall–Kier alpha value is -0.900. The first-order valence-electron chi connectivity index (χ1n) is 8.24. The van der Waals surface area contributed by atoms with Gasteiger partial charge in [-0.25, -0.2) is 0 Å².